The van der Waals surface area contributed by atoms with Crippen molar-refractivity contribution in [2.45, 2.75) is 6.92 Å². The molecule has 7 heteroatoms. The van der Waals surface area contributed by atoms with Gasteiger partial charge in [0.2, 0.25) is 0 Å². The molecule has 162 valence electrons. The molecule has 1 aromatic heterocycles. The third-order valence-corrected chi connectivity index (χ3v) is 5.46. The van der Waals surface area contributed by atoms with Crippen LogP contribution in [0.1, 0.15) is 17.3 Å². The SMILES string of the molecule is CCN(c1ncnc(N(C)c2ccccc2C(=O)OC)c1N)c1cccc2ccccc12. The summed E-state index contributed by atoms with van der Waals surface area (Å²) in [5.41, 5.74) is 9.12. The van der Waals surface area contributed by atoms with Crippen LogP contribution in [0.15, 0.2) is 73.1 Å². The van der Waals surface area contributed by atoms with Gasteiger partial charge < -0.3 is 20.3 Å². The topological polar surface area (TPSA) is 84.6 Å². The number of hydrogen-bond acceptors (Lipinski definition) is 7. The predicted molar refractivity (Wildman–Crippen MR) is 129 cm³/mol. The molecule has 0 radical (unpaired) electrons. The van der Waals surface area contributed by atoms with E-state index in [1.165, 1.54) is 13.4 Å². The van der Waals surface area contributed by atoms with Crippen LogP contribution in [0.2, 0.25) is 0 Å². The lowest BCUT2D eigenvalue weighted by Gasteiger charge is -2.28. The van der Waals surface area contributed by atoms with Gasteiger partial charge in [-0.15, -0.1) is 0 Å². The van der Waals surface area contributed by atoms with Gasteiger partial charge in [-0.25, -0.2) is 14.8 Å². The van der Waals surface area contributed by atoms with E-state index in [2.05, 4.69) is 46.1 Å². The number of methoxy groups -OCH3 is 1. The van der Waals surface area contributed by atoms with Crippen LogP contribution < -0.4 is 15.5 Å². The summed E-state index contributed by atoms with van der Waals surface area (Å²) in [6.45, 7) is 2.72. The molecule has 0 fully saturated rings. The summed E-state index contributed by atoms with van der Waals surface area (Å²) in [5, 5.41) is 2.25. The van der Waals surface area contributed by atoms with E-state index in [0.29, 0.717) is 35.1 Å². The van der Waals surface area contributed by atoms with Crippen molar-refractivity contribution in [1.29, 1.82) is 0 Å². The van der Waals surface area contributed by atoms with Crippen molar-refractivity contribution in [2.24, 2.45) is 0 Å². The lowest BCUT2D eigenvalue weighted by atomic mass is 10.1. The number of carbonyl (C=O) groups excluding carboxylic acids is 1. The van der Waals surface area contributed by atoms with E-state index >= 15 is 0 Å². The van der Waals surface area contributed by atoms with E-state index in [-0.39, 0.29) is 0 Å². The quantitative estimate of drug-likeness (QED) is 0.437. The fourth-order valence-corrected chi connectivity index (χ4v) is 3.90. The first-order chi connectivity index (χ1) is 15.6. The van der Waals surface area contributed by atoms with Crippen molar-refractivity contribution < 1.29 is 9.53 Å². The minimum absolute atomic E-state index is 0.421. The first-order valence-electron chi connectivity index (χ1n) is 10.3. The zero-order chi connectivity index (χ0) is 22.7. The summed E-state index contributed by atoms with van der Waals surface area (Å²) in [4.78, 5) is 25.1. The Morgan fingerprint density at radius 3 is 2.38 bits per heavy atom. The van der Waals surface area contributed by atoms with E-state index < -0.39 is 5.97 Å². The molecule has 0 atom stereocenters. The summed E-state index contributed by atoms with van der Waals surface area (Å²) in [6, 6.07) is 21.6. The fourth-order valence-electron chi connectivity index (χ4n) is 3.90. The number of para-hydroxylation sites is 1. The van der Waals surface area contributed by atoms with Crippen LogP contribution >= 0.6 is 0 Å². The molecule has 4 aromatic rings. The zero-order valence-electron chi connectivity index (χ0n) is 18.3. The van der Waals surface area contributed by atoms with Crippen LogP contribution in [0.3, 0.4) is 0 Å². The number of ether oxygens (including phenoxy) is 1. The Hall–Kier alpha value is -4.13. The highest BCUT2D eigenvalue weighted by atomic mass is 16.5. The van der Waals surface area contributed by atoms with Crippen LogP contribution in [-0.4, -0.2) is 36.6 Å². The maximum absolute atomic E-state index is 12.3. The minimum Gasteiger partial charge on any atom is -0.465 e. The number of nitrogen functional groups attached to an aromatic ring is 1. The molecule has 0 saturated carbocycles. The van der Waals surface area contributed by atoms with Gasteiger partial charge in [0.05, 0.1) is 24.0 Å². The maximum Gasteiger partial charge on any atom is 0.339 e. The number of fused-ring (bicyclic) bond motifs is 1. The summed E-state index contributed by atoms with van der Waals surface area (Å²) in [7, 11) is 3.18. The number of aromatic nitrogens is 2. The molecule has 4 rings (SSSR count). The lowest BCUT2D eigenvalue weighted by Crippen LogP contribution is -2.22. The van der Waals surface area contributed by atoms with Gasteiger partial charge in [-0.05, 0) is 30.5 Å². The average molecular weight is 428 g/mol. The Balaban J connectivity index is 1.81. The summed E-state index contributed by atoms with van der Waals surface area (Å²) in [6.07, 6.45) is 1.49. The van der Waals surface area contributed by atoms with Gasteiger partial charge in [0, 0.05) is 19.0 Å². The second-order valence-corrected chi connectivity index (χ2v) is 7.24. The molecular weight excluding hydrogens is 402 g/mol. The van der Waals surface area contributed by atoms with Crippen molar-refractivity contribution in [3.63, 3.8) is 0 Å². The van der Waals surface area contributed by atoms with Gasteiger partial charge in [0.15, 0.2) is 11.6 Å². The molecule has 2 N–H and O–H groups in total. The van der Waals surface area contributed by atoms with Crippen LogP contribution in [0.5, 0.6) is 0 Å². The molecule has 0 amide bonds. The number of esters is 1. The lowest BCUT2D eigenvalue weighted by molar-refractivity contribution is 0.0601. The second kappa shape index (κ2) is 8.93. The van der Waals surface area contributed by atoms with Gasteiger partial charge in [0.1, 0.15) is 12.0 Å². The third-order valence-electron chi connectivity index (χ3n) is 5.46. The number of rotatable bonds is 6. The fraction of sp³-hybridized carbons (Fsp3) is 0.160. The van der Waals surface area contributed by atoms with E-state index in [4.69, 9.17) is 10.5 Å². The van der Waals surface area contributed by atoms with Crippen molar-refractivity contribution in [3.05, 3.63) is 78.6 Å². The second-order valence-electron chi connectivity index (χ2n) is 7.24. The Bertz CT molecular complexity index is 1270. The van der Waals surface area contributed by atoms with Crippen molar-refractivity contribution >= 4 is 45.4 Å². The van der Waals surface area contributed by atoms with E-state index in [1.54, 1.807) is 17.0 Å². The van der Waals surface area contributed by atoms with Gasteiger partial charge in [0.25, 0.3) is 0 Å². The highest BCUT2D eigenvalue weighted by Gasteiger charge is 2.22. The zero-order valence-corrected chi connectivity index (χ0v) is 18.3. The monoisotopic (exact) mass is 427 g/mol. The highest BCUT2D eigenvalue weighted by Crippen LogP contribution is 2.38. The molecule has 0 aliphatic heterocycles. The number of benzene rings is 3. The van der Waals surface area contributed by atoms with Gasteiger partial charge in [-0.1, -0.05) is 48.5 Å². The maximum atomic E-state index is 12.3. The molecule has 7 nitrogen and oxygen atoms in total. The Morgan fingerprint density at radius 2 is 1.59 bits per heavy atom. The van der Waals surface area contributed by atoms with E-state index in [0.717, 1.165) is 16.5 Å². The summed E-state index contributed by atoms with van der Waals surface area (Å²) < 4.78 is 4.93. The Kier molecular flexibility index (Phi) is 5.89. The van der Waals surface area contributed by atoms with Crippen LogP contribution in [0, 0.1) is 0 Å². The molecule has 0 aliphatic rings. The molecule has 0 aliphatic carbocycles. The van der Waals surface area contributed by atoms with E-state index in [9.17, 15) is 4.79 Å². The van der Waals surface area contributed by atoms with Crippen molar-refractivity contribution in [1.82, 2.24) is 9.97 Å². The Labute approximate surface area is 187 Å². The number of nitrogens with two attached hydrogens (primary N) is 1. The summed E-state index contributed by atoms with van der Waals surface area (Å²) >= 11 is 0. The first-order valence-corrected chi connectivity index (χ1v) is 10.3. The number of carbonyl (C=O) groups is 1. The molecule has 0 saturated heterocycles. The molecule has 32 heavy (non-hydrogen) atoms. The average Bonchev–Trinajstić information content (AvgIpc) is 2.84. The predicted octanol–water partition coefficient (Wildman–Crippen LogP) is 4.92. The normalized spacial score (nSPS) is 10.7. The third kappa shape index (κ3) is 3.69. The molecular formula is C25H25N5O2. The van der Waals surface area contributed by atoms with Gasteiger partial charge >= 0.3 is 5.97 Å². The minimum atomic E-state index is -0.425. The number of hydrogen-bond donors (Lipinski definition) is 1. The van der Waals surface area contributed by atoms with Crippen molar-refractivity contribution in [3.8, 4) is 0 Å². The Morgan fingerprint density at radius 1 is 0.938 bits per heavy atom. The van der Waals surface area contributed by atoms with E-state index in [1.807, 2.05) is 37.4 Å². The molecule has 0 spiro atoms. The number of nitrogens with zero attached hydrogens (tertiary/aromatic N) is 4. The summed E-state index contributed by atoms with van der Waals surface area (Å²) in [5.74, 6) is 0.688. The van der Waals surface area contributed by atoms with Crippen LogP contribution in [0.25, 0.3) is 10.8 Å². The van der Waals surface area contributed by atoms with Gasteiger partial charge in [-0.3, -0.25) is 0 Å². The smallest absolute Gasteiger partial charge is 0.339 e. The molecule has 0 bridgehead atoms. The van der Waals surface area contributed by atoms with Crippen molar-refractivity contribution in [2.75, 3.05) is 36.2 Å². The standard InChI is InChI=1S/C25H25N5O2/c1-4-30(21-15-9-11-17-10-5-6-12-18(17)21)24-22(26)23(27-16-28-24)29(2)20-14-8-7-13-19(20)25(31)32-3/h5-16H,4,26H2,1-3H3. The first kappa shape index (κ1) is 21.1. The van der Waals surface area contributed by atoms with Crippen LogP contribution in [-0.2, 0) is 4.74 Å². The molecule has 3 aromatic carbocycles. The largest absolute Gasteiger partial charge is 0.465 e. The number of anilines is 5. The van der Waals surface area contributed by atoms with Gasteiger partial charge in [-0.2, -0.15) is 0 Å². The molecule has 0 unspecified atom stereocenters. The highest BCUT2D eigenvalue weighted by molar-refractivity contribution is 5.99. The molecule has 1 heterocycles. The van der Waals surface area contributed by atoms with Crippen LogP contribution in [0.4, 0.5) is 28.7 Å².